The second kappa shape index (κ2) is 8.50. The van der Waals surface area contributed by atoms with Gasteiger partial charge in [-0.2, -0.15) is 0 Å². The van der Waals surface area contributed by atoms with Gasteiger partial charge in [-0.15, -0.1) is 0 Å². The van der Waals surface area contributed by atoms with Gasteiger partial charge in [0.15, 0.2) is 0 Å². The first-order valence-corrected chi connectivity index (χ1v) is 6.19. The topological polar surface area (TPSA) is 61.8 Å². The van der Waals surface area contributed by atoms with Crippen molar-refractivity contribution in [3.05, 3.63) is 29.3 Å². The molecule has 0 spiro atoms. The van der Waals surface area contributed by atoms with Crippen LogP contribution in [-0.4, -0.2) is 31.8 Å². The van der Waals surface area contributed by atoms with Gasteiger partial charge in [-0.25, -0.2) is 9.59 Å². The molecule has 104 valence electrons. The molecule has 0 bridgehead atoms. The maximum Gasteiger partial charge on any atom is 0.337 e. The molecule has 1 rings (SSSR count). The summed E-state index contributed by atoms with van der Waals surface area (Å²) in [5.41, 5.74) is 0. The van der Waals surface area contributed by atoms with Crippen LogP contribution in [0.4, 0.5) is 0 Å². The lowest BCUT2D eigenvalue weighted by molar-refractivity contribution is -0.151. The third-order valence-electron chi connectivity index (χ3n) is 1.95. The van der Waals surface area contributed by atoms with Crippen molar-refractivity contribution < 1.29 is 23.8 Å². The van der Waals surface area contributed by atoms with Crippen LogP contribution < -0.4 is 4.74 Å². The number of benzene rings is 1. The number of carbonyl (C=O) groups excluding carboxylic acids is 2. The van der Waals surface area contributed by atoms with Gasteiger partial charge in [0, 0.05) is 5.02 Å². The molecule has 5 nitrogen and oxygen atoms in total. The van der Waals surface area contributed by atoms with E-state index in [2.05, 4.69) is 0 Å². The van der Waals surface area contributed by atoms with Crippen LogP contribution in [0.5, 0.6) is 5.75 Å². The fourth-order valence-corrected chi connectivity index (χ4v) is 1.26. The lowest BCUT2D eigenvalue weighted by Gasteiger charge is -2.05. The minimum Gasteiger partial charge on any atom is -0.464 e. The molecule has 0 saturated heterocycles. The van der Waals surface area contributed by atoms with Crippen LogP contribution >= 0.6 is 11.6 Å². The molecule has 0 radical (unpaired) electrons. The Morgan fingerprint density at radius 3 is 2.37 bits per heavy atom. The van der Waals surface area contributed by atoms with Gasteiger partial charge in [0.05, 0.1) is 6.61 Å². The zero-order valence-corrected chi connectivity index (χ0v) is 11.3. The number of ether oxygens (including phenoxy) is 3. The Hall–Kier alpha value is -1.59. The van der Waals surface area contributed by atoms with E-state index in [4.69, 9.17) is 25.8 Å². The lowest BCUT2D eigenvalue weighted by Crippen LogP contribution is -2.20. The Morgan fingerprint density at radius 2 is 1.74 bits per heavy atom. The van der Waals surface area contributed by atoms with Crippen molar-refractivity contribution >= 4 is 23.5 Å². The summed E-state index contributed by atoms with van der Waals surface area (Å²) in [6, 6.07) is 6.34. The van der Waals surface area contributed by atoms with Gasteiger partial charge in [0.2, 0.25) is 0 Å². The van der Waals surface area contributed by atoms with E-state index < -0.39 is 11.9 Å². The zero-order valence-electron chi connectivity index (χ0n) is 10.6. The van der Waals surface area contributed by atoms with Crippen LogP contribution in [0.3, 0.4) is 0 Å². The number of rotatable bonds is 7. The van der Waals surface area contributed by atoms with Gasteiger partial charge in [-0.1, -0.05) is 18.5 Å². The molecule has 0 atom stereocenters. The molecule has 0 fully saturated rings. The summed E-state index contributed by atoms with van der Waals surface area (Å²) in [5, 5.41) is 0.551. The molecule has 0 N–H and O–H groups in total. The largest absolute Gasteiger partial charge is 0.464 e. The standard InChI is InChI=1S/C13H15ClO5/c1-2-7-18-12(15)8-17-9-13(16)19-11-5-3-10(14)4-6-11/h3-6H,2,7-9H2,1H3. The average Bonchev–Trinajstić information content (AvgIpc) is 2.39. The predicted molar refractivity (Wildman–Crippen MR) is 69.2 cm³/mol. The zero-order chi connectivity index (χ0) is 14.1. The minimum absolute atomic E-state index is 0.268. The highest BCUT2D eigenvalue weighted by Gasteiger charge is 2.08. The van der Waals surface area contributed by atoms with Crippen molar-refractivity contribution in [2.75, 3.05) is 19.8 Å². The average molecular weight is 287 g/mol. The summed E-state index contributed by atoms with van der Waals surface area (Å²) < 4.78 is 14.6. The van der Waals surface area contributed by atoms with E-state index in [1.807, 2.05) is 6.92 Å². The third-order valence-corrected chi connectivity index (χ3v) is 2.20. The molecule has 1 aromatic rings. The van der Waals surface area contributed by atoms with Gasteiger partial charge in [0.1, 0.15) is 19.0 Å². The molecule has 0 saturated carbocycles. The van der Waals surface area contributed by atoms with E-state index in [0.717, 1.165) is 6.42 Å². The van der Waals surface area contributed by atoms with Crippen molar-refractivity contribution in [1.82, 2.24) is 0 Å². The number of esters is 2. The molecule has 19 heavy (non-hydrogen) atoms. The second-order valence-corrected chi connectivity index (χ2v) is 4.08. The molecular formula is C13H15ClO5. The smallest absolute Gasteiger partial charge is 0.337 e. The van der Waals surface area contributed by atoms with Gasteiger partial charge in [-0.3, -0.25) is 0 Å². The molecular weight excluding hydrogens is 272 g/mol. The first kappa shape index (κ1) is 15.5. The minimum atomic E-state index is -0.592. The van der Waals surface area contributed by atoms with E-state index in [1.165, 1.54) is 0 Å². The van der Waals surface area contributed by atoms with Gasteiger partial charge < -0.3 is 14.2 Å². The van der Waals surface area contributed by atoms with E-state index in [-0.39, 0.29) is 13.2 Å². The van der Waals surface area contributed by atoms with Gasteiger partial charge >= 0.3 is 11.9 Å². The third kappa shape index (κ3) is 6.79. The van der Waals surface area contributed by atoms with Gasteiger partial charge in [0.25, 0.3) is 0 Å². The molecule has 0 aliphatic rings. The molecule has 0 aliphatic heterocycles. The molecule has 0 aliphatic carbocycles. The van der Waals surface area contributed by atoms with Crippen molar-refractivity contribution in [1.29, 1.82) is 0 Å². The van der Waals surface area contributed by atoms with Crippen LogP contribution in [0.25, 0.3) is 0 Å². The monoisotopic (exact) mass is 286 g/mol. The number of halogens is 1. The van der Waals surface area contributed by atoms with E-state index >= 15 is 0 Å². The van der Waals surface area contributed by atoms with Crippen LogP contribution in [0, 0.1) is 0 Å². The Labute approximate surface area is 116 Å². The Balaban J connectivity index is 2.21. The summed E-state index contributed by atoms with van der Waals surface area (Å²) >= 11 is 5.69. The fourth-order valence-electron chi connectivity index (χ4n) is 1.14. The molecule has 0 unspecified atom stereocenters. The number of hydrogen-bond donors (Lipinski definition) is 0. The van der Waals surface area contributed by atoms with Crippen molar-refractivity contribution in [3.63, 3.8) is 0 Å². The van der Waals surface area contributed by atoms with Crippen LogP contribution in [0.15, 0.2) is 24.3 Å². The Kier molecular flexibility index (Phi) is 6.92. The first-order valence-electron chi connectivity index (χ1n) is 5.81. The molecule has 1 aromatic carbocycles. The van der Waals surface area contributed by atoms with Crippen LogP contribution in [0.2, 0.25) is 5.02 Å². The summed E-state index contributed by atoms with van der Waals surface area (Å²) in [5.74, 6) is -0.724. The normalized spacial score (nSPS) is 10.0. The highest BCUT2D eigenvalue weighted by atomic mass is 35.5. The summed E-state index contributed by atoms with van der Waals surface area (Å²) in [6.07, 6.45) is 0.740. The maximum atomic E-state index is 11.4. The first-order chi connectivity index (χ1) is 9.11. The van der Waals surface area contributed by atoms with Crippen LogP contribution in [-0.2, 0) is 19.1 Å². The molecule has 0 aromatic heterocycles. The maximum absolute atomic E-state index is 11.4. The van der Waals surface area contributed by atoms with Gasteiger partial charge in [-0.05, 0) is 30.7 Å². The quantitative estimate of drug-likeness (QED) is 0.568. The lowest BCUT2D eigenvalue weighted by atomic mass is 10.3. The second-order valence-electron chi connectivity index (χ2n) is 3.64. The molecule has 0 amide bonds. The van der Waals surface area contributed by atoms with Crippen molar-refractivity contribution in [2.24, 2.45) is 0 Å². The predicted octanol–water partition coefficient (Wildman–Crippen LogP) is 2.22. The van der Waals surface area contributed by atoms with Crippen molar-refractivity contribution in [3.8, 4) is 5.75 Å². The Morgan fingerprint density at radius 1 is 1.11 bits per heavy atom. The van der Waals surface area contributed by atoms with Crippen LogP contribution in [0.1, 0.15) is 13.3 Å². The molecule has 0 heterocycles. The van der Waals surface area contributed by atoms with Crippen molar-refractivity contribution in [2.45, 2.75) is 13.3 Å². The highest BCUT2D eigenvalue weighted by molar-refractivity contribution is 6.30. The molecule has 6 heteroatoms. The number of hydrogen-bond acceptors (Lipinski definition) is 5. The van der Waals surface area contributed by atoms with E-state index in [0.29, 0.717) is 17.4 Å². The Bertz CT molecular complexity index is 416. The van der Waals surface area contributed by atoms with E-state index in [9.17, 15) is 9.59 Å². The summed E-state index contributed by atoms with van der Waals surface area (Å²) in [6.45, 7) is 1.65. The fraction of sp³-hybridized carbons (Fsp3) is 0.385. The summed E-state index contributed by atoms with van der Waals surface area (Å²) in [7, 11) is 0. The SMILES string of the molecule is CCCOC(=O)COCC(=O)Oc1ccc(Cl)cc1. The summed E-state index contributed by atoms with van der Waals surface area (Å²) in [4.78, 5) is 22.4. The highest BCUT2D eigenvalue weighted by Crippen LogP contribution is 2.15. The van der Waals surface area contributed by atoms with E-state index in [1.54, 1.807) is 24.3 Å². The number of carbonyl (C=O) groups is 2.